The van der Waals surface area contributed by atoms with Crippen molar-refractivity contribution in [3.8, 4) is 0 Å². The van der Waals surface area contributed by atoms with Gasteiger partial charge in [-0.1, -0.05) is 0 Å². The van der Waals surface area contributed by atoms with Crippen LogP contribution in [0.2, 0.25) is 0 Å². The summed E-state index contributed by atoms with van der Waals surface area (Å²) < 4.78 is 6.34. The smallest absolute Gasteiger partial charge is 0.359 e. The molecule has 0 unspecified atom stereocenters. The molecule has 82 valence electrons. The Morgan fingerprint density at radius 1 is 1.73 bits per heavy atom. The van der Waals surface area contributed by atoms with E-state index in [9.17, 15) is 4.79 Å². The van der Waals surface area contributed by atoms with Crippen molar-refractivity contribution in [3.63, 3.8) is 0 Å². The van der Waals surface area contributed by atoms with Crippen molar-refractivity contribution in [2.45, 2.75) is 13.3 Å². The third-order valence-corrected chi connectivity index (χ3v) is 1.75. The second-order valence-electron chi connectivity index (χ2n) is 3.10. The van der Waals surface area contributed by atoms with Gasteiger partial charge in [-0.05, 0) is 6.92 Å². The van der Waals surface area contributed by atoms with E-state index in [2.05, 4.69) is 5.10 Å². The molecule has 0 atom stereocenters. The van der Waals surface area contributed by atoms with Crippen LogP contribution in [0.5, 0.6) is 0 Å². The number of esters is 1. The molecule has 0 aliphatic rings. The summed E-state index contributed by atoms with van der Waals surface area (Å²) in [5.74, 6) is -0.483. The van der Waals surface area contributed by atoms with Gasteiger partial charge >= 0.3 is 5.97 Å². The van der Waals surface area contributed by atoms with Crippen LogP contribution in [0.25, 0.3) is 0 Å². The maximum Gasteiger partial charge on any atom is 0.359 e. The first-order valence-electron chi connectivity index (χ1n) is 4.57. The number of nitrogens with zero attached hydrogens (tertiary/aromatic N) is 2. The Labute approximate surface area is 87.5 Å². The molecule has 1 heterocycles. The third kappa shape index (κ3) is 2.80. The Hall–Kier alpha value is -1.85. The van der Waals surface area contributed by atoms with Crippen molar-refractivity contribution in [3.05, 3.63) is 17.5 Å². The predicted molar refractivity (Wildman–Crippen MR) is 54.8 cm³/mol. The standard InChI is InChI=1S/C9H14N4O2/c1-3-15-9(14)8-6(4-7(10)11)5-13(2)12-8/h5H,3-4H2,1-2H3,(H3,10,11). The zero-order valence-electron chi connectivity index (χ0n) is 8.78. The van der Waals surface area contributed by atoms with Crippen molar-refractivity contribution in [1.29, 1.82) is 5.41 Å². The Morgan fingerprint density at radius 2 is 2.40 bits per heavy atom. The number of hydrogen-bond acceptors (Lipinski definition) is 4. The second kappa shape index (κ2) is 4.59. The van der Waals surface area contributed by atoms with Gasteiger partial charge in [0.25, 0.3) is 0 Å². The van der Waals surface area contributed by atoms with Gasteiger partial charge in [0.2, 0.25) is 0 Å². The first-order chi connectivity index (χ1) is 7.04. The van der Waals surface area contributed by atoms with Gasteiger partial charge in [0.15, 0.2) is 5.69 Å². The normalized spacial score (nSPS) is 10.0. The molecule has 3 N–H and O–H groups in total. The van der Waals surface area contributed by atoms with E-state index in [-0.39, 0.29) is 18.0 Å². The summed E-state index contributed by atoms with van der Waals surface area (Å²) in [6.07, 6.45) is 1.87. The number of nitrogens with one attached hydrogen (secondary N) is 1. The Bertz CT molecular complexity index is 383. The molecule has 1 rings (SSSR count). The number of aryl methyl sites for hydroxylation is 1. The van der Waals surface area contributed by atoms with Crippen LogP contribution in [-0.4, -0.2) is 28.2 Å². The van der Waals surface area contributed by atoms with Gasteiger partial charge in [-0.2, -0.15) is 5.10 Å². The van der Waals surface area contributed by atoms with E-state index in [1.54, 1.807) is 20.2 Å². The summed E-state index contributed by atoms with van der Waals surface area (Å²) in [5.41, 5.74) is 6.12. The monoisotopic (exact) mass is 210 g/mol. The lowest BCUT2D eigenvalue weighted by atomic mass is 10.2. The van der Waals surface area contributed by atoms with E-state index in [0.29, 0.717) is 12.2 Å². The van der Waals surface area contributed by atoms with Gasteiger partial charge in [0.1, 0.15) is 0 Å². The van der Waals surface area contributed by atoms with Crippen molar-refractivity contribution < 1.29 is 9.53 Å². The molecular formula is C9H14N4O2. The van der Waals surface area contributed by atoms with Crippen molar-refractivity contribution in [1.82, 2.24) is 9.78 Å². The van der Waals surface area contributed by atoms with Crippen LogP contribution in [0, 0.1) is 5.41 Å². The molecule has 1 aromatic heterocycles. The maximum absolute atomic E-state index is 11.5. The highest BCUT2D eigenvalue weighted by atomic mass is 16.5. The molecule has 15 heavy (non-hydrogen) atoms. The molecule has 0 fully saturated rings. The fraction of sp³-hybridized carbons (Fsp3) is 0.444. The van der Waals surface area contributed by atoms with E-state index in [4.69, 9.17) is 15.9 Å². The molecule has 0 aliphatic heterocycles. The lowest BCUT2D eigenvalue weighted by molar-refractivity contribution is 0.0517. The lowest BCUT2D eigenvalue weighted by Crippen LogP contribution is -2.15. The SMILES string of the molecule is CCOC(=O)c1nn(C)cc1CC(=N)N. The molecule has 0 aliphatic carbocycles. The summed E-state index contributed by atoms with van der Waals surface area (Å²) in [5, 5.41) is 11.1. The topological polar surface area (TPSA) is 94.0 Å². The van der Waals surface area contributed by atoms with Gasteiger partial charge in [0.05, 0.1) is 12.4 Å². The Kier molecular flexibility index (Phi) is 3.43. The molecule has 1 aromatic rings. The summed E-state index contributed by atoms with van der Waals surface area (Å²) >= 11 is 0. The number of rotatable bonds is 4. The van der Waals surface area contributed by atoms with Crippen LogP contribution >= 0.6 is 0 Å². The zero-order valence-corrected chi connectivity index (χ0v) is 8.78. The maximum atomic E-state index is 11.5. The van der Waals surface area contributed by atoms with Gasteiger partial charge in [-0.25, -0.2) is 4.79 Å². The van der Waals surface area contributed by atoms with Crippen LogP contribution in [0.1, 0.15) is 23.0 Å². The molecule has 0 spiro atoms. The fourth-order valence-corrected chi connectivity index (χ4v) is 1.24. The average Bonchev–Trinajstić information content (AvgIpc) is 2.46. The van der Waals surface area contributed by atoms with Crippen LogP contribution in [0.15, 0.2) is 6.20 Å². The summed E-state index contributed by atoms with van der Waals surface area (Å²) in [6, 6.07) is 0. The minimum atomic E-state index is -0.477. The van der Waals surface area contributed by atoms with E-state index in [1.807, 2.05) is 0 Å². The predicted octanol–water partition coefficient (Wildman–Crippen LogP) is 0.0753. The van der Waals surface area contributed by atoms with Gasteiger partial charge < -0.3 is 10.5 Å². The average molecular weight is 210 g/mol. The largest absolute Gasteiger partial charge is 0.461 e. The number of aromatic nitrogens is 2. The van der Waals surface area contributed by atoms with Gasteiger partial charge in [0, 0.05) is 25.2 Å². The summed E-state index contributed by atoms with van der Waals surface area (Å²) in [7, 11) is 1.70. The van der Waals surface area contributed by atoms with E-state index >= 15 is 0 Å². The molecule has 6 nitrogen and oxygen atoms in total. The molecule has 0 bridgehead atoms. The number of hydrogen-bond donors (Lipinski definition) is 2. The highest BCUT2D eigenvalue weighted by molar-refractivity contribution is 5.91. The van der Waals surface area contributed by atoms with Crippen LogP contribution in [0.3, 0.4) is 0 Å². The third-order valence-electron chi connectivity index (χ3n) is 1.75. The molecule has 0 radical (unpaired) electrons. The van der Waals surface area contributed by atoms with Gasteiger partial charge in [-0.15, -0.1) is 0 Å². The molecule has 0 saturated heterocycles. The highest BCUT2D eigenvalue weighted by Crippen LogP contribution is 2.08. The number of amidine groups is 1. The highest BCUT2D eigenvalue weighted by Gasteiger charge is 2.17. The fourth-order valence-electron chi connectivity index (χ4n) is 1.24. The van der Waals surface area contributed by atoms with E-state index < -0.39 is 5.97 Å². The van der Waals surface area contributed by atoms with E-state index in [1.165, 1.54) is 4.68 Å². The van der Waals surface area contributed by atoms with E-state index in [0.717, 1.165) is 0 Å². The Morgan fingerprint density at radius 3 is 2.93 bits per heavy atom. The van der Waals surface area contributed by atoms with Crippen LogP contribution in [0.4, 0.5) is 0 Å². The number of nitrogens with two attached hydrogens (primary N) is 1. The number of ether oxygens (including phenoxy) is 1. The first kappa shape index (κ1) is 11.2. The van der Waals surface area contributed by atoms with Crippen LogP contribution < -0.4 is 5.73 Å². The molecule has 0 amide bonds. The van der Waals surface area contributed by atoms with Crippen molar-refractivity contribution in [2.75, 3.05) is 6.61 Å². The first-order valence-corrected chi connectivity index (χ1v) is 4.57. The summed E-state index contributed by atoms with van der Waals surface area (Å²) in [4.78, 5) is 11.5. The minimum absolute atomic E-state index is 0.00597. The molecule has 0 aromatic carbocycles. The van der Waals surface area contributed by atoms with Crippen molar-refractivity contribution >= 4 is 11.8 Å². The minimum Gasteiger partial charge on any atom is -0.461 e. The lowest BCUT2D eigenvalue weighted by Gasteiger charge is -2.00. The number of carbonyl (C=O) groups is 1. The number of carbonyl (C=O) groups excluding carboxylic acids is 1. The molecule has 0 saturated carbocycles. The van der Waals surface area contributed by atoms with Crippen LogP contribution in [-0.2, 0) is 18.2 Å². The summed E-state index contributed by atoms with van der Waals surface area (Å²) in [6.45, 7) is 2.03. The quantitative estimate of drug-likeness (QED) is 0.418. The van der Waals surface area contributed by atoms with Gasteiger partial charge in [-0.3, -0.25) is 10.1 Å². The Balaban J connectivity index is 2.95. The molecular weight excluding hydrogens is 196 g/mol. The second-order valence-corrected chi connectivity index (χ2v) is 3.10. The van der Waals surface area contributed by atoms with Crippen molar-refractivity contribution in [2.24, 2.45) is 12.8 Å². The zero-order chi connectivity index (χ0) is 11.4. The molecule has 6 heteroatoms.